The molecule has 2 aromatic heterocycles. The molecule has 322 valence electrons. The fourth-order valence-electron chi connectivity index (χ4n) is 7.69. The molecule has 18 heteroatoms. The van der Waals surface area contributed by atoms with Gasteiger partial charge in [0, 0.05) is 74.3 Å². The zero-order valence-corrected chi connectivity index (χ0v) is 34.9. The Labute approximate surface area is 352 Å². The van der Waals surface area contributed by atoms with Crippen molar-refractivity contribution < 1.29 is 37.8 Å². The van der Waals surface area contributed by atoms with E-state index >= 15 is 8.78 Å². The minimum atomic E-state index is -1.10. The fourth-order valence-corrected chi connectivity index (χ4v) is 7.95. The van der Waals surface area contributed by atoms with E-state index in [2.05, 4.69) is 26.0 Å². The summed E-state index contributed by atoms with van der Waals surface area (Å²) >= 11 is 6.59. The third kappa shape index (κ3) is 10.4. The number of carboxylic acids is 1. The third-order valence-electron chi connectivity index (χ3n) is 11.4. The number of unbranched alkanes of at least 4 members (excludes halogenated alkanes) is 1. The summed E-state index contributed by atoms with van der Waals surface area (Å²) in [4.78, 5) is 59.1. The van der Waals surface area contributed by atoms with Crippen molar-refractivity contribution >= 4 is 41.0 Å². The Morgan fingerprint density at radius 2 is 1.70 bits per heavy atom. The Balaban J connectivity index is 1.04. The monoisotopic (exact) mass is 851 g/mol. The highest BCUT2D eigenvalue weighted by Crippen LogP contribution is 2.33. The predicted octanol–water partition coefficient (Wildman–Crippen LogP) is 4.83. The summed E-state index contributed by atoms with van der Waals surface area (Å²) in [5, 5.41) is 22.3. The number of carboxylic acid groups (broad SMARTS) is 1. The van der Waals surface area contributed by atoms with E-state index in [0.717, 1.165) is 38.8 Å². The van der Waals surface area contributed by atoms with E-state index in [1.807, 2.05) is 0 Å². The number of imidazole rings is 1. The SMILES string of the molecule is COCCn1ncc(-c2ccc(-c3cnc(C(=O)Nc4ccc(C(=O)N5CCN(C(=O)[C@H](CCCCC6CNC6)CCNCC(=O)O)CC5)c(Cl)c4)n3C)c(F)c2F)c1C. The van der Waals surface area contributed by atoms with Crippen molar-refractivity contribution in [2.24, 2.45) is 18.9 Å². The van der Waals surface area contributed by atoms with Crippen LogP contribution in [0.3, 0.4) is 0 Å². The number of carbonyl (C=O) groups excluding carboxylic acids is 3. The Bertz CT molecular complexity index is 2180. The number of piperazine rings is 1. The molecule has 6 rings (SSSR count). The van der Waals surface area contributed by atoms with Gasteiger partial charge >= 0.3 is 5.97 Å². The molecule has 3 amide bonds. The lowest BCUT2D eigenvalue weighted by Gasteiger charge is -2.36. The number of aromatic nitrogens is 4. The molecular formula is C42H52ClF2N9O6. The van der Waals surface area contributed by atoms with Crippen molar-refractivity contribution in [1.29, 1.82) is 0 Å². The van der Waals surface area contributed by atoms with E-state index in [9.17, 15) is 19.2 Å². The number of aliphatic carboxylic acids is 1. The number of hydrogen-bond acceptors (Lipinski definition) is 9. The van der Waals surface area contributed by atoms with E-state index in [0.29, 0.717) is 69.5 Å². The minimum Gasteiger partial charge on any atom is -0.480 e. The molecule has 0 unspecified atom stereocenters. The quantitative estimate of drug-likeness (QED) is 0.0957. The van der Waals surface area contributed by atoms with E-state index in [-0.39, 0.29) is 63.2 Å². The smallest absolute Gasteiger partial charge is 0.317 e. The van der Waals surface area contributed by atoms with Crippen molar-refractivity contribution in [2.45, 2.75) is 45.6 Å². The Kier molecular flexibility index (Phi) is 15.0. The second-order valence-corrected chi connectivity index (χ2v) is 15.7. The first kappa shape index (κ1) is 44.3. The molecule has 0 radical (unpaired) electrons. The summed E-state index contributed by atoms with van der Waals surface area (Å²) in [7, 11) is 3.09. The molecule has 0 aliphatic carbocycles. The van der Waals surface area contributed by atoms with Crippen molar-refractivity contribution in [3.63, 3.8) is 0 Å². The van der Waals surface area contributed by atoms with Crippen LogP contribution >= 0.6 is 11.6 Å². The summed E-state index contributed by atoms with van der Waals surface area (Å²) in [6.45, 7) is 6.32. The molecule has 1 atom stereocenters. The van der Waals surface area contributed by atoms with Crippen molar-refractivity contribution in [3.05, 3.63) is 76.5 Å². The molecule has 2 aliphatic heterocycles. The lowest BCUT2D eigenvalue weighted by Crippen LogP contribution is -2.52. The molecule has 4 N–H and O–H groups in total. The summed E-state index contributed by atoms with van der Waals surface area (Å²) < 4.78 is 39.2. The van der Waals surface area contributed by atoms with Crippen LogP contribution in [0.1, 0.15) is 58.8 Å². The molecule has 2 aliphatic rings. The van der Waals surface area contributed by atoms with Crippen LogP contribution in [0.4, 0.5) is 14.5 Å². The number of benzene rings is 2. The maximum Gasteiger partial charge on any atom is 0.317 e. The lowest BCUT2D eigenvalue weighted by molar-refractivity contribution is -0.137. The number of methoxy groups -OCH3 is 1. The molecule has 0 saturated carbocycles. The van der Waals surface area contributed by atoms with Gasteiger partial charge in [0.1, 0.15) is 0 Å². The van der Waals surface area contributed by atoms with Crippen LogP contribution in [0.5, 0.6) is 0 Å². The first-order chi connectivity index (χ1) is 28.9. The van der Waals surface area contributed by atoms with Gasteiger partial charge in [-0.1, -0.05) is 30.5 Å². The Hall–Kier alpha value is -5.23. The molecule has 60 heavy (non-hydrogen) atoms. The summed E-state index contributed by atoms with van der Waals surface area (Å²) in [6.07, 6.45) is 7.12. The predicted molar refractivity (Wildman–Crippen MR) is 222 cm³/mol. The minimum absolute atomic E-state index is 0.0197. The number of ether oxygens (including phenoxy) is 1. The number of hydrogen-bond donors (Lipinski definition) is 4. The second-order valence-electron chi connectivity index (χ2n) is 15.3. The van der Waals surface area contributed by atoms with E-state index < -0.39 is 23.5 Å². The molecule has 0 spiro atoms. The average molecular weight is 852 g/mol. The summed E-state index contributed by atoms with van der Waals surface area (Å²) in [5.41, 5.74) is 1.78. The first-order valence-electron chi connectivity index (χ1n) is 20.2. The van der Waals surface area contributed by atoms with E-state index in [4.69, 9.17) is 21.4 Å². The Morgan fingerprint density at radius 3 is 2.38 bits per heavy atom. The maximum atomic E-state index is 15.6. The molecule has 2 saturated heterocycles. The number of anilines is 1. The van der Waals surface area contributed by atoms with Gasteiger partial charge in [-0.15, -0.1) is 0 Å². The first-order valence-corrected chi connectivity index (χ1v) is 20.6. The van der Waals surface area contributed by atoms with Gasteiger partial charge in [0.25, 0.3) is 11.8 Å². The van der Waals surface area contributed by atoms with Gasteiger partial charge in [0.15, 0.2) is 17.5 Å². The molecule has 2 aromatic carbocycles. The molecule has 2 fully saturated rings. The lowest BCUT2D eigenvalue weighted by atomic mass is 9.92. The van der Waals surface area contributed by atoms with Gasteiger partial charge in [-0.3, -0.25) is 23.9 Å². The number of carbonyl (C=O) groups is 4. The van der Waals surface area contributed by atoms with Gasteiger partial charge in [-0.05, 0) is 76.0 Å². The highest BCUT2D eigenvalue weighted by atomic mass is 35.5. The van der Waals surface area contributed by atoms with E-state index in [1.165, 1.54) is 54.3 Å². The van der Waals surface area contributed by atoms with Gasteiger partial charge in [-0.25, -0.2) is 13.8 Å². The van der Waals surface area contributed by atoms with Crippen LogP contribution in [0.15, 0.2) is 42.7 Å². The van der Waals surface area contributed by atoms with Gasteiger partial charge in [0.05, 0.1) is 48.4 Å². The topological polar surface area (TPSA) is 176 Å². The molecular weight excluding hydrogens is 800 g/mol. The third-order valence-corrected chi connectivity index (χ3v) is 11.7. The highest BCUT2D eigenvalue weighted by Gasteiger charge is 2.30. The van der Waals surface area contributed by atoms with Crippen LogP contribution in [-0.4, -0.2) is 124 Å². The van der Waals surface area contributed by atoms with Crippen LogP contribution in [0.25, 0.3) is 22.4 Å². The highest BCUT2D eigenvalue weighted by molar-refractivity contribution is 6.34. The standard InChI is InChI=1S/C42H52ClF2N9O6/c1-26-33(23-49-54(26)18-19-60-3)30-10-11-32(38(45)37(30)44)35-24-48-39(51(35)2)40(57)50-29-8-9-31(34(43)20-29)42(59)53-16-14-52(15-17-53)41(58)28(12-13-46-25-36(55)56)7-5-4-6-27-21-47-22-27/h8-11,20,23-24,27-28,46-47H,4-7,12-19,21-22,25H2,1-3H3,(H,50,57)(H,55,56)/t28-/m1/s1. The Morgan fingerprint density at radius 1 is 0.983 bits per heavy atom. The van der Waals surface area contributed by atoms with Crippen LogP contribution in [0.2, 0.25) is 5.02 Å². The zero-order valence-electron chi connectivity index (χ0n) is 34.1. The normalized spacial score (nSPS) is 14.9. The molecule has 4 heterocycles. The molecule has 4 aromatic rings. The molecule has 15 nitrogen and oxygen atoms in total. The van der Waals surface area contributed by atoms with Crippen molar-refractivity contribution in [3.8, 4) is 22.4 Å². The number of nitrogens with zero attached hydrogens (tertiary/aromatic N) is 6. The maximum absolute atomic E-state index is 15.6. The van der Waals surface area contributed by atoms with Crippen LogP contribution < -0.4 is 16.0 Å². The summed E-state index contributed by atoms with van der Waals surface area (Å²) in [6, 6.07) is 7.41. The van der Waals surface area contributed by atoms with Gasteiger partial charge in [0.2, 0.25) is 5.91 Å². The van der Waals surface area contributed by atoms with E-state index in [1.54, 1.807) is 28.5 Å². The second kappa shape index (κ2) is 20.4. The van der Waals surface area contributed by atoms with Gasteiger partial charge < -0.3 is 40.2 Å². The van der Waals surface area contributed by atoms with Crippen LogP contribution in [-0.2, 0) is 27.9 Å². The van der Waals surface area contributed by atoms with Crippen LogP contribution in [0, 0.1) is 30.4 Å². The number of halogens is 3. The number of amides is 3. The van der Waals surface area contributed by atoms with Crippen molar-refractivity contribution in [2.75, 3.05) is 71.4 Å². The fraction of sp³-hybridized carbons (Fsp3) is 0.476. The number of rotatable bonds is 19. The zero-order chi connectivity index (χ0) is 42.9. The van der Waals surface area contributed by atoms with Gasteiger partial charge in [-0.2, -0.15) is 5.10 Å². The average Bonchev–Trinajstić information content (AvgIpc) is 3.78. The number of nitrogens with one attached hydrogen (secondary N) is 3. The largest absolute Gasteiger partial charge is 0.480 e. The molecule has 0 bridgehead atoms. The van der Waals surface area contributed by atoms with Crippen molar-refractivity contribution in [1.82, 2.24) is 39.8 Å². The summed E-state index contributed by atoms with van der Waals surface area (Å²) in [5.74, 6) is -3.64.